The van der Waals surface area contributed by atoms with Crippen molar-refractivity contribution < 1.29 is 4.39 Å². The summed E-state index contributed by atoms with van der Waals surface area (Å²) in [6, 6.07) is 8.76. The Bertz CT molecular complexity index is 649. The van der Waals surface area contributed by atoms with Crippen molar-refractivity contribution >= 4 is 23.7 Å². The molecule has 0 atom stereocenters. The molecule has 1 aromatic heterocycles. The summed E-state index contributed by atoms with van der Waals surface area (Å²) in [5.74, 6) is 0.808. The average Bonchev–Trinajstić information content (AvgIpc) is 2.48. The largest absolute Gasteiger partial charge is 0.366 e. The number of nitrogens with one attached hydrogen (secondary N) is 1. The van der Waals surface area contributed by atoms with E-state index >= 15 is 0 Å². The molecule has 0 amide bonds. The smallest absolute Gasteiger partial charge is 0.146 e. The first-order chi connectivity index (χ1) is 9.74. The summed E-state index contributed by atoms with van der Waals surface area (Å²) in [4.78, 5) is 11.4. The average molecular weight is 290 g/mol. The van der Waals surface area contributed by atoms with Crippen LogP contribution in [0.3, 0.4) is 0 Å². The molecule has 1 aliphatic heterocycles. The van der Waals surface area contributed by atoms with Gasteiger partial charge in [-0.25, -0.2) is 9.37 Å². The molecule has 3 rings (SSSR count). The Kier molecular flexibility index (Phi) is 3.64. The molecule has 1 aromatic carbocycles. The molecule has 1 N–H and O–H groups in total. The molecule has 104 valence electrons. The Morgan fingerprint density at radius 1 is 1.10 bits per heavy atom. The highest BCUT2D eigenvalue weighted by Gasteiger charge is 2.19. The van der Waals surface area contributed by atoms with E-state index in [9.17, 15) is 4.39 Å². The molecule has 0 bridgehead atoms. The number of para-hydroxylation sites is 1. The first-order valence-corrected chi connectivity index (χ1v) is 6.94. The number of piperazine rings is 1. The highest BCUT2D eigenvalue weighted by atomic mass is 32.1. The summed E-state index contributed by atoms with van der Waals surface area (Å²) in [6.45, 7) is 3.21. The van der Waals surface area contributed by atoms with Crippen LogP contribution in [-0.2, 0) is 0 Å². The van der Waals surface area contributed by atoms with Crippen LogP contribution in [0.1, 0.15) is 0 Å². The van der Waals surface area contributed by atoms with Gasteiger partial charge in [-0.05, 0) is 12.1 Å². The van der Waals surface area contributed by atoms with Crippen molar-refractivity contribution in [3.63, 3.8) is 0 Å². The van der Waals surface area contributed by atoms with Gasteiger partial charge in [0.2, 0.25) is 0 Å². The molecule has 2 aromatic rings. The van der Waals surface area contributed by atoms with Gasteiger partial charge in [0.1, 0.15) is 16.3 Å². The first kappa shape index (κ1) is 13.1. The van der Waals surface area contributed by atoms with E-state index in [1.54, 1.807) is 12.4 Å². The van der Waals surface area contributed by atoms with Crippen LogP contribution < -0.4 is 9.80 Å². The number of aromatic nitrogens is 2. The van der Waals surface area contributed by atoms with Gasteiger partial charge < -0.3 is 14.8 Å². The molecule has 6 heteroatoms. The lowest BCUT2D eigenvalue weighted by molar-refractivity contribution is 0.596. The summed E-state index contributed by atoms with van der Waals surface area (Å²) in [7, 11) is 0. The molecule has 20 heavy (non-hydrogen) atoms. The van der Waals surface area contributed by atoms with Gasteiger partial charge in [0, 0.05) is 32.2 Å². The van der Waals surface area contributed by atoms with Gasteiger partial charge in [0.25, 0.3) is 0 Å². The Hall–Kier alpha value is -1.95. The van der Waals surface area contributed by atoms with Crippen LogP contribution in [-0.4, -0.2) is 36.1 Å². The van der Waals surface area contributed by atoms with Crippen molar-refractivity contribution in [2.24, 2.45) is 0 Å². The Morgan fingerprint density at radius 3 is 2.50 bits per heavy atom. The lowest BCUT2D eigenvalue weighted by Crippen LogP contribution is -2.47. The molecule has 0 radical (unpaired) electrons. The molecular formula is C14H15FN4S. The van der Waals surface area contributed by atoms with Gasteiger partial charge in [-0.3, -0.25) is 0 Å². The minimum Gasteiger partial charge on any atom is -0.366 e. The van der Waals surface area contributed by atoms with Crippen LogP contribution >= 0.6 is 12.2 Å². The quantitative estimate of drug-likeness (QED) is 0.862. The Balaban J connectivity index is 1.71. The topological polar surface area (TPSA) is 35.2 Å². The molecular weight excluding hydrogens is 275 g/mol. The lowest BCUT2D eigenvalue weighted by atomic mass is 10.2. The molecule has 1 saturated heterocycles. The van der Waals surface area contributed by atoms with E-state index in [0.717, 1.165) is 32.0 Å². The van der Waals surface area contributed by atoms with Crippen molar-refractivity contribution in [3.05, 3.63) is 47.1 Å². The molecule has 1 aliphatic rings. The first-order valence-electron chi connectivity index (χ1n) is 6.53. The van der Waals surface area contributed by atoms with E-state index in [-0.39, 0.29) is 5.82 Å². The third kappa shape index (κ3) is 2.65. The number of benzene rings is 1. The summed E-state index contributed by atoms with van der Waals surface area (Å²) in [5.41, 5.74) is 0.676. The third-order valence-corrected chi connectivity index (χ3v) is 3.70. The molecule has 0 spiro atoms. The highest BCUT2D eigenvalue weighted by molar-refractivity contribution is 7.71. The molecule has 1 fully saturated rings. The van der Waals surface area contributed by atoms with Gasteiger partial charge in [-0.1, -0.05) is 24.4 Å². The van der Waals surface area contributed by atoms with Gasteiger partial charge in [0.05, 0.1) is 12.0 Å². The van der Waals surface area contributed by atoms with E-state index in [2.05, 4.69) is 19.8 Å². The van der Waals surface area contributed by atoms with Crippen LogP contribution in [0.2, 0.25) is 0 Å². The van der Waals surface area contributed by atoms with Crippen LogP contribution in [0.4, 0.5) is 15.9 Å². The van der Waals surface area contributed by atoms with Crippen molar-refractivity contribution in [2.75, 3.05) is 36.0 Å². The number of aromatic amines is 1. The van der Waals surface area contributed by atoms with Gasteiger partial charge in [-0.2, -0.15) is 0 Å². The van der Waals surface area contributed by atoms with Gasteiger partial charge in [-0.15, -0.1) is 0 Å². The van der Waals surface area contributed by atoms with Crippen LogP contribution in [0.5, 0.6) is 0 Å². The zero-order chi connectivity index (χ0) is 13.9. The minimum atomic E-state index is -0.163. The summed E-state index contributed by atoms with van der Waals surface area (Å²) in [6.07, 6.45) is 1.61. The number of rotatable bonds is 2. The summed E-state index contributed by atoms with van der Waals surface area (Å²) >= 11 is 5.07. The number of H-pyrrole nitrogens is 1. The number of hydrogen-bond donors (Lipinski definition) is 1. The second-order valence-corrected chi connectivity index (χ2v) is 5.11. The molecule has 4 nitrogen and oxygen atoms in total. The molecule has 2 heterocycles. The maximum Gasteiger partial charge on any atom is 0.146 e. The fraction of sp³-hybridized carbons (Fsp3) is 0.286. The highest BCUT2D eigenvalue weighted by Crippen LogP contribution is 2.21. The number of nitrogens with zero attached hydrogens (tertiary/aromatic N) is 3. The normalized spacial score (nSPS) is 15.4. The fourth-order valence-corrected chi connectivity index (χ4v) is 2.60. The van der Waals surface area contributed by atoms with E-state index in [1.807, 2.05) is 18.2 Å². The van der Waals surface area contributed by atoms with E-state index in [4.69, 9.17) is 12.2 Å². The Labute approximate surface area is 121 Å². The predicted molar refractivity (Wildman–Crippen MR) is 80.2 cm³/mol. The van der Waals surface area contributed by atoms with E-state index in [0.29, 0.717) is 10.3 Å². The number of hydrogen-bond acceptors (Lipinski definition) is 4. The molecule has 0 saturated carbocycles. The van der Waals surface area contributed by atoms with Crippen molar-refractivity contribution in [2.45, 2.75) is 0 Å². The third-order valence-electron chi connectivity index (χ3n) is 3.48. The van der Waals surface area contributed by atoms with E-state index < -0.39 is 0 Å². The predicted octanol–water partition coefficient (Wildman–Crippen LogP) is 2.60. The molecule has 0 unspecified atom stereocenters. The maximum absolute atomic E-state index is 13.8. The van der Waals surface area contributed by atoms with Crippen LogP contribution in [0, 0.1) is 10.5 Å². The SMILES string of the molecule is Fc1ccccc1N1CCN(c2cc(=S)nc[nH]2)CC1. The van der Waals surface area contributed by atoms with Crippen molar-refractivity contribution in [3.8, 4) is 0 Å². The number of halogens is 1. The zero-order valence-electron chi connectivity index (χ0n) is 10.9. The standard InChI is InChI=1S/C14H15FN4S/c15-11-3-1-2-4-12(11)18-5-7-19(8-6-18)13-9-14(20)17-10-16-13/h1-4,9-10H,5-8H2,(H,16,17,20). The van der Waals surface area contributed by atoms with Gasteiger partial charge in [0.15, 0.2) is 0 Å². The second-order valence-electron chi connectivity index (χ2n) is 4.70. The van der Waals surface area contributed by atoms with Gasteiger partial charge >= 0.3 is 0 Å². The second kappa shape index (κ2) is 5.58. The maximum atomic E-state index is 13.8. The summed E-state index contributed by atoms with van der Waals surface area (Å²) in [5, 5.41) is 0. The Morgan fingerprint density at radius 2 is 1.80 bits per heavy atom. The fourth-order valence-electron chi connectivity index (χ4n) is 2.44. The van der Waals surface area contributed by atoms with Crippen LogP contribution in [0.25, 0.3) is 0 Å². The van der Waals surface area contributed by atoms with Crippen molar-refractivity contribution in [1.82, 2.24) is 9.97 Å². The van der Waals surface area contributed by atoms with E-state index in [1.165, 1.54) is 6.07 Å². The molecule has 0 aliphatic carbocycles. The zero-order valence-corrected chi connectivity index (χ0v) is 11.7. The summed E-state index contributed by atoms with van der Waals surface area (Å²) < 4.78 is 14.3. The number of anilines is 2. The monoisotopic (exact) mass is 290 g/mol. The van der Waals surface area contributed by atoms with Crippen LogP contribution in [0.15, 0.2) is 36.7 Å². The lowest BCUT2D eigenvalue weighted by Gasteiger charge is -2.37. The van der Waals surface area contributed by atoms with Crippen molar-refractivity contribution in [1.29, 1.82) is 0 Å². The minimum absolute atomic E-state index is 0.163.